The lowest BCUT2D eigenvalue weighted by atomic mass is 9.99. The van der Waals surface area contributed by atoms with E-state index in [4.69, 9.17) is 16.3 Å². The summed E-state index contributed by atoms with van der Waals surface area (Å²) >= 11 is 5.85. The van der Waals surface area contributed by atoms with Gasteiger partial charge in [-0.3, -0.25) is 0 Å². The normalized spacial score (nSPS) is 14.8. The fraction of sp³-hybridized carbons (Fsp3) is 0.250. The van der Waals surface area contributed by atoms with E-state index in [1.54, 1.807) is 0 Å². The van der Waals surface area contributed by atoms with E-state index in [1.165, 1.54) is 5.56 Å². The summed E-state index contributed by atoms with van der Waals surface area (Å²) in [6.45, 7) is 0.742. The van der Waals surface area contributed by atoms with Gasteiger partial charge in [0, 0.05) is 17.9 Å². The van der Waals surface area contributed by atoms with Crippen LogP contribution < -0.4 is 4.74 Å². The second-order valence-electron chi connectivity index (χ2n) is 4.81. The van der Waals surface area contributed by atoms with Gasteiger partial charge in [0.05, 0.1) is 12.7 Å². The molecule has 19 heavy (non-hydrogen) atoms. The van der Waals surface area contributed by atoms with E-state index in [0.29, 0.717) is 11.4 Å². The summed E-state index contributed by atoms with van der Waals surface area (Å²) in [5, 5.41) is 11.0. The minimum Gasteiger partial charge on any atom is -0.493 e. The second-order valence-corrected chi connectivity index (χ2v) is 5.25. The lowest BCUT2D eigenvalue weighted by molar-refractivity contribution is 0.178. The number of rotatable bonds is 3. The molecule has 3 rings (SSSR count). The SMILES string of the molecule is OC(Cc1ccc(Cl)cc1)c1ccc2c(c1)CCO2. The van der Waals surface area contributed by atoms with Gasteiger partial charge in [-0.2, -0.15) is 0 Å². The number of hydrogen-bond acceptors (Lipinski definition) is 2. The van der Waals surface area contributed by atoms with Crippen LogP contribution in [0.2, 0.25) is 5.02 Å². The van der Waals surface area contributed by atoms with Crippen LogP contribution in [0.25, 0.3) is 0 Å². The summed E-state index contributed by atoms with van der Waals surface area (Å²) in [6, 6.07) is 13.5. The summed E-state index contributed by atoms with van der Waals surface area (Å²) in [7, 11) is 0. The van der Waals surface area contributed by atoms with Crippen LogP contribution in [-0.2, 0) is 12.8 Å². The molecule has 0 spiro atoms. The highest BCUT2D eigenvalue weighted by atomic mass is 35.5. The van der Waals surface area contributed by atoms with Crippen molar-refractivity contribution in [3.05, 3.63) is 64.2 Å². The van der Waals surface area contributed by atoms with E-state index in [-0.39, 0.29) is 0 Å². The monoisotopic (exact) mass is 274 g/mol. The zero-order chi connectivity index (χ0) is 13.2. The predicted octanol–water partition coefficient (Wildman–Crippen LogP) is 3.55. The van der Waals surface area contributed by atoms with Crippen molar-refractivity contribution in [2.45, 2.75) is 18.9 Å². The molecule has 0 amide bonds. The molecule has 2 aromatic rings. The highest BCUT2D eigenvalue weighted by Gasteiger charge is 2.15. The largest absolute Gasteiger partial charge is 0.493 e. The molecule has 0 bridgehead atoms. The number of ether oxygens (including phenoxy) is 1. The Hall–Kier alpha value is -1.51. The third-order valence-electron chi connectivity index (χ3n) is 3.44. The summed E-state index contributed by atoms with van der Waals surface area (Å²) < 4.78 is 5.47. The molecule has 1 aliphatic heterocycles. The highest BCUT2D eigenvalue weighted by Crippen LogP contribution is 2.29. The molecule has 1 aliphatic rings. The Morgan fingerprint density at radius 3 is 2.74 bits per heavy atom. The van der Waals surface area contributed by atoms with Crippen molar-refractivity contribution in [3.63, 3.8) is 0 Å². The van der Waals surface area contributed by atoms with E-state index in [1.807, 2.05) is 42.5 Å². The topological polar surface area (TPSA) is 29.5 Å². The molecule has 1 unspecified atom stereocenters. The quantitative estimate of drug-likeness (QED) is 0.927. The van der Waals surface area contributed by atoms with Crippen molar-refractivity contribution in [1.82, 2.24) is 0 Å². The van der Waals surface area contributed by atoms with Gasteiger partial charge in [-0.15, -0.1) is 0 Å². The smallest absolute Gasteiger partial charge is 0.122 e. The predicted molar refractivity (Wildman–Crippen MR) is 75.8 cm³/mol. The van der Waals surface area contributed by atoms with Crippen molar-refractivity contribution in [2.75, 3.05) is 6.61 Å². The number of aliphatic hydroxyl groups is 1. The van der Waals surface area contributed by atoms with Crippen LogP contribution in [0.1, 0.15) is 22.8 Å². The fourth-order valence-corrected chi connectivity index (χ4v) is 2.50. The first-order valence-corrected chi connectivity index (χ1v) is 6.78. The molecule has 0 saturated heterocycles. The van der Waals surface area contributed by atoms with Gasteiger partial charge in [0.1, 0.15) is 5.75 Å². The zero-order valence-corrected chi connectivity index (χ0v) is 11.2. The van der Waals surface area contributed by atoms with Gasteiger partial charge >= 0.3 is 0 Å². The van der Waals surface area contributed by atoms with Crippen LogP contribution in [0.15, 0.2) is 42.5 Å². The fourth-order valence-electron chi connectivity index (χ4n) is 2.38. The average molecular weight is 275 g/mol. The van der Waals surface area contributed by atoms with Gasteiger partial charge in [-0.05, 0) is 41.0 Å². The Morgan fingerprint density at radius 1 is 1.16 bits per heavy atom. The van der Waals surface area contributed by atoms with E-state index >= 15 is 0 Å². The minimum atomic E-state index is -0.493. The molecular weight excluding hydrogens is 260 g/mol. The molecular formula is C16H15ClO2. The zero-order valence-electron chi connectivity index (χ0n) is 10.5. The third kappa shape index (κ3) is 2.75. The average Bonchev–Trinajstić information content (AvgIpc) is 2.88. The van der Waals surface area contributed by atoms with Crippen molar-refractivity contribution in [3.8, 4) is 5.75 Å². The Labute approximate surface area is 117 Å². The number of fused-ring (bicyclic) bond motifs is 1. The van der Waals surface area contributed by atoms with Crippen LogP contribution >= 0.6 is 11.6 Å². The van der Waals surface area contributed by atoms with Crippen LogP contribution in [0.4, 0.5) is 0 Å². The molecule has 1 heterocycles. The molecule has 0 aliphatic carbocycles. The number of hydrogen-bond donors (Lipinski definition) is 1. The first-order chi connectivity index (χ1) is 9.22. The summed E-state index contributed by atoms with van der Waals surface area (Å²) in [4.78, 5) is 0. The molecule has 2 aromatic carbocycles. The number of benzene rings is 2. The van der Waals surface area contributed by atoms with Gasteiger partial charge in [0.2, 0.25) is 0 Å². The maximum Gasteiger partial charge on any atom is 0.122 e. The Balaban J connectivity index is 1.76. The van der Waals surface area contributed by atoms with Crippen LogP contribution in [0, 0.1) is 0 Å². The molecule has 1 atom stereocenters. The minimum absolute atomic E-state index is 0.493. The lowest BCUT2D eigenvalue weighted by Crippen LogP contribution is -2.02. The molecule has 0 fully saturated rings. The van der Waals surface area contributed by atoms with E-state index in [2.05, 4.69) is 0 Å². The standard InChI is InChI=1S/C16H15ClO2/c17-14-4-1-11(2-5-14)9-15(18)12-3-6-16-13(10-12)7-8-19-16/h1-6,10,15,18H,7-9H2. The number of aliphatic hydroxyl groups excluding tert-OH is 1. The summed E-state index contributed by atoms with van der Waals surface area (Å²) in [5.41, 5.74) is 3.21. The van der Waals surface area contributed by atoms with E-state index in [9.17, 15) is 5.11 Å². The highest BCUT2D eigenvalue weighted by molar-refractivity contribution is 6.30. The molecule has 0 aromatic heterocycles. The van der Waals surface area contributed by atoms with Gasteiger partial charge in [-0.1, -0.05) is 29.8 Å². The maximum absolute atomic E-state index is 10.3. The Kier molecular flexibility index (Phi) is 3.45. The Morgan fingerprint density at radius 2 is 1.95 bits per heavy atom. The van der Waals surface area contributed by atoms with Gasteiger partial charge in [-0.25, -0.2) is 0 Å². The van der Waals surface area contributed by atoms with Gasteiger partial charge in [0.15, 0.2) is 0 Å². The summed E-state index contributed by atoms with van der Waals surface area (Å²) in [5.74, 6) is 0.947. The van der Waals surface area contributed by atoms with Gasteiger partial charge < -0.3 is 9.84 Å². The third-order valence-corrected chi connectivity index (χ3v) is 3.69. The molecule has 0 radical (unpaired) electrons. The first kappa shape index (κ1) is 12.5. The van der Waals surface area contributed by atoms with E-state index < -0.39 is 6.10 Å². The molecule has 0 saturated carbocycles. The molecule has 2 nitrogen and oxygen atoms in total. The van der Waals surface area contributed by atoms with Crippen molar-refractivity contribution >= 4 is 11.6 Å². The van der Waals surface area contributed by atoms with E-state index in [0.717, 1.165) is 29.9 Å². The van der Waals surface area contributed by atoms with Crippen molar-refractivity contribution in [2.24, 2.45) is 0 Å². The maximum atomic E-state index is 10.3. The van der Waals surface area contributed by atoms with Crippen molar-refractivity contribution < 1.29 is 9.84 Å². The molecule has 3 heteroatoms. The second kappa shape index (κ2) is 5.24. The first-order valence-electron chi connectivity index (χ1n) is 6.40. The van der Waals surface area contributed by atoms with Crippen LogP contribution in [-0.4, -0.2) is 11.7 Å². The lowest BCUT2D eigenvalue weighted by Gasteiger charge is -2.12. The number of halogens is 1. The Bertz CT molecular complexity index is 578. The molecule has 98 valence electrons. The van der Waals surface area contributed by atoms with Crippen LogP contribution in [0.5, 0.6) is 5.75 Å². The molecule has 1 N–H and O–H groups in total. The van der Waals surface area contributed by atoms with Gasteiger partial charge in [0.25, 0.3) is 0 Å². The van der Waals surface area contributed by atoms with Crippen molar-refractivity contribution in [1.29, 1.82) is 0 Å². The summed E-state index contributed by atoms with van der Waals surface area (Å²) in [6.07, 6.45) is 1.03. The van der Waals surface area contributed by atoms with Crippen LogP contribution in [0.3, 0.4) is 0 Å².